The van der Waals surface area contributed by atoms with Crippen LogP contribution in [0, 0.1) is 24.2 Å². The Kier molecular flexibility index (Phi) is 8.95. The summed E-state index contributed by atoms with van der Waals surface area (Å²) in [5.41, 5.74) is 1.84. The summed E-state index contributed by atoms with van der Waals surface area (Å²) < 4.78 is 14.9. The average molecular weight is 773 g/mol. The molecule has 4 rings (SSSR count). The number of hydrogen-bond acceptors (Lipinski definition) is 8. The van der Waals surface area contributed by atoms with Crippen LogP contribution in [0.15, 0.2) is 51.4 Å². The third-order valence-electron chi connectivity index (χ3n) is 5.93. The number of aromatic nitrogens is 1. The Bertz CT molecular complexity index is 1680. The fourth-order valence-electron chi connectivity index (χ4n) is 4.26. The van der Waals surface area contributed by atoms with Gasteiger partial charge in [-0.1, -0.05) is 23.5 Å². The van der Waals surface area contributed by atoms with Crippen LogP contribution in [0.25, 0.3) is 6.08 Å². The molecule has 3 aromatic rings. The second kappa shape index (κ2) is 11.9. The first kappa shape index (κ1) is 29.4. The number of nitrogens with zero attached hydrogens (tertiary/aromatic N) is 3. The van der Waals surface area contributed by atoms with Crippen LogP contribution in [0.1, 0.15) is 50.4 Å². The number of fused-ring (bicyclic) bond motifs is 1. The number of halogens is 2. The van der Waals surface area contributed by atoms with Crippen LogP contribution in [0.4, 0.5) is 5.69 Å². The molecule has 9 nitrogen and oxygen atoms in total. The van der Waals surface area contributed by atoms with Gasteiger partial charge in [0.05, 0.1) is 46.6 Å². The minimum absolute atomic E-state index is 0.0241. The van der Waals surface area contributed by atoms with Crippen LogP contribution >= 0.6 is 56.5 Å². The molecule has 0 saturated carbocycles. The largest absolute Gasteiger partial charge is 0.489 e. The number of benzene rings is 2. The zero-order valence-corrected chi connectivity index (χ0v) is 26.9. The van der Waals surface area contributed by atoms with Crippen molar-refractivity contribution < 1.29 is 19.2 Å². The minimum Gasteiger partial charge on any atom is -0.489 e. The van der Waals surface area contributed by atoms with Gasteiger partial charge in [0.2, 0.25) is 0 Å². The number of hydrogen-bond donors (Lipinski definition) is 0. The van der Waals surface area contributed by atoms with Gasteiger partial charge in [-0.05, 0) is 109 Å². The van der Waals surface area contributed by atoms with E-state index in [0.717, 1.165) is 18.5 Å². The number of nitro groups is 1. The van der Waals surface area contributed by atoms with Crippen molar-refractivity contribution in [3.63, 3.8) is 0 Å². The zero-order valence-electron chi connectivity index (χ0n) is 21.8. The fraction of sp³-hybridized carbons (Fsp3) is 0.296. The van der Waals surface area contributed by atoms with Gasteiger partial charge in [-0.15, -0.1) is 0 Å². The van der Waals surface area contributed by atoms with Gasteiger partial charge >= 0.3 is 5.97 Å². The Morgan fingerprint density at radius 3 is 2.49 bits per heavy atom. The number of allylic oxidation sites excluding steroid dienone is 1. The fourth-order valence-corrected chi connectivity index (χ4v) is 7.38. The summed E-state index contributed by atoms with van der Waals surface area (Å²) in [7, 11) is 0. The summed E-state index contributed by atoms with van der Waals surface area (Å²) in [6.07, 6.45) is 1.81. The predicted molar refractivity (Wildman–Crippen MR) is 166 cm³/mol. The predicted octanol–water partition coefficient (Wildman–Crippen LogP) is 5.01. The maximum Gasteiger partial charge on any atom is 0.338 e. The summed E-state index contributed by atoms with van der Waals surface area (Å²) in [5, 5.41) is 11.7. The number of thiazole rings is 1. The van der Waals surface area contributed by atoms with Gasteiger partial charge in [-0.3, -0.25) is 19.5 Å². The van der Waals surface area contributed by atoms with E-state index in [-0.39, 0.29) is 29.5 Å². The lowest BCUT2D eigenvalue weighted by molar-refractivity contribution is -0.385. The van der Waals surface area contributed by atoms with Crippen molar-refractivity contribution >= 4 is 74.3 Å². The lowest BCUT2D eigenvalue weighted by atomic mass is 9.94. The first-order valence-electron chi connectivity index (χ1n) is 12.0. The lowest BCUT2D eigenvalue weighted by Crippen LogP contribution is -2.40. The van der Waals surface area contributed by atoms with E-state index in [1.54, 1.807) is 39.0 Å². The van der Waals surface area contributed by atoms with E-state index in [1.807, 2.05) is 26.0 Å². The highest BCUT2D eigenvalue weighted by atomic mass is 127. The van der Waals surface area contributed by atoms with E-state index >= 15 is 0 Å². The SMILES string of the molecule is CCOC(=O)C1=C(C)N=c2s/c(=C/c3cc(I)c(OC(C)C)c(I)c3)c(=O)n2[C@H]1c1ccc(C)c([N+](=O)[O-])c1. The quantitative estimate of drug-likeness (QED) is 0.145. The highest BCUT2D eigenvalue weighted by molar-refractivity contribution is 14.1. The minimum atomic E-state index is -0.927. The molecule has 0 amide bonds. The molecular formula is C27H25I2N3O6S. The van der Waals surface area contributed by atoms with E-state index in [4.69, 9.17) is 9.47 Å². The molecule has 0 radical (unpaired) electrons. The van der Waals surface area contributed by atoms with Crippen molar-refractivity contribution in [3.8, 4) is 5.75 Å². The molecule has 1 atom stereocenters. The number of rotatable bonds is 7. The van der Waals surface area contributed by atoms with Crippen LogP contribution in [-0.2, 0) is 9.53 Å². The molecule has 2 aromatic carbocycles. The monoisotopic (exact) mass is 773 g/mol. The molecule has 0 aliphatic carbocycles. The first-order valence-corrected chi connectivity index (χ1v) is 15.0. The maximum absolute atomic E-state index is 13.8. The molecule has 2 heterocycles. The second-order valence-corrected chi connectivity index (χ2v) is 12.4. The summed E-state index contributed by atoms with van der Waals surface area (Å²) >= 11 is 5.63. The molecular weight excluding hydrogens is 748 g/mol. The van der Waals surface area contributed by atoms with Crippen molar-refractivity contribution in [1.29, 1.82) is 0 Å². The Hall–Kier alpha value is -2.59. The molecule has 39 heavy (non-hydrogen) atoms. The number of esters is 1. The highest BCUT2D eigenvalue weighted by Gasteiger charge is 2.34. The van der Waals surface area contributed by atoms with Crippen molar-refractivity contribution in [2.45, 2.75) is 46.8 Å². The number of nitro benzene ring substituents is 1. The molecule has 0 N–H and O–H groups in total. The van der Waals surface area contributed by atoms with E-state index in [0.29, 0.717) is 26.2 Å². The van der Waals surface area contributed by atoms with Crippen LogP contribution in [0.3, 0.4) is 0 Å². The van der Waals surface area contributed by atoms with Gasteiger partial charge in [-0.25, -0.2) is 9.79 Å². The third kappa shape index (κ3) is 5.96. The van der Waals surface area contributed by atoms with Gasteiger partial charge in [0.1, 0.15) is 5.75 Å². The van der Waals surface area contributed by atoms with E-state index in [1.165, 1.54) is 22.0 Å². The molecule has 1 aliphatic heterocycles. The molecule has 0 saturated heterocycles. The smallest absolute Gasteiger partial charge is 0.338 e. The van der Waals surface area contributed by atoms with Crippen molar-refractivity contribution in [2.75, 3.05) is 6.61 Å². The van der Waals surface area contributed by atoms with Gasteiger partial charge < -0.3 is 9.47 Å². The molecule has 0 unspecified atom stereocenters. The Morgan fingerprint density at radius 2 is 1.90 bits per heavy atom. The topological polar surface area (TPSA) is 113 Å². The van der Waals surface area contributed by atoms with Crippen molar-refractivity contribution in [3.05, 3.63) is 95.2 Å². The van der Waals surface area contributed by atoms with Crippen LogP contribution in [0.5, 0.6) is 5.75 Å². The Morgan fingerprint density at radius 1 is 1.23 bits per heavy atom. The van der Waals surface area contributed by atoms with E-state index in [2.05, 4.69) is 50.2 Å². The van der Waals surface area contributed by atoms with Gasteiger partial charge in [0.15, 0.2) is 4.80 Å². The molecule has 12 heteroatoms. The second-order valence-electron chi connectivity index (χ2n) is 9.09. The summed E-state index contributed by atoms with van der Waals surface area (Å²) in [6.45, 7) is 9.07. The normalized spacial score (nSPS) is 15.3. The van der Waals surface area contributed by atoms with Crippen molar-refractivity contribution in [1.82, 2.24) is 4.57 Å². The number of ether oxygens (including phenoxy) is 2. The molecule has 0 bridgehead atoms. The number of carbonyl (C=O) groups excluding carboxylic acids is 1. The Balaban J connectivity index is 1.94. The van der Waals surface area contributed by atoms with Crippen LogP contribution in [-0.4, -0.2) is 28.2 Å². The van der Waals surface area contributed by atoms with Crippen molar-refractivity contribution in [2.24, 2.45) is 4.99 Å². The summed E-state index contributed by atoms with van der Waals surface area (Å²) in [6, 6.07) is 7.67. The maximum atomic E-state index is 13.8. The van der Waals surface area contributed by atoms with Gasteiger partial charge in [0.25, 0.3) is 11.2 Å². The molecule has 0 fully saturated rings. The van der Waals surface area contributed by atoms with E-state index in [9.17, 15) is 19.7 Å². The Labute approximate surface area is 255 Å². The summed E-state index contributed by atoms with van der Waals surface area (Å²) in [5.74, 6) is 0.173. The summed E-state index contributed by atoms with van der Waals surface area (Å²) in [4.78, 5) is 43.1. The zero-order chi connectivity index (χ0) is 28.6. The first-order chi connectivity index (χ1) is 18.4. The number of aryl methyl sites for hydroxylation is 1. The van der Waals surface area contributed by atoms with Gasteiger partial charge in [0, 0.05) is 11.6 Å². The third-order valence-corrected chi connectivity index (χ3v) is 8.52. The van der Waals surface area contributed by atoms with E-state index < -0.39 is 16.9 Å². The standard InChI is InChI=1S/C27H25I2N3O6S/c1-6-37-26(34)22-15(5)30-27-31(23(22)17-8-7-14(4)20(12-17)32(35)36)25(33)21(39-27)11-16-9-18(28)24(19(29)10-16)38-13(2)3/h7-13,23H,6H2,1-5H3/b21-11+/t23-/m0/s1. The van der Waals surface area contributed by atoms with Gasteiger partial charge in [-0.2, -0.15) is 0 Å². The molecule has 0 spiro atoms. The molecule has 1 aliphatic rings. The van der Waals surface area contributed by atoms with Crippen LogP contribution in [0.2, 0.25) is 0 Å². The van der Waals surface area contributed by atoms with Crippen LogP contribution < -0.4 is 19.6 Å². The average Bonchev–Trinajstić information content (AvgIpc) is 3.15. The highest BCUT2D eigenvalue weighted by Crippen LogP contribution is 2.34. The molecule has 1 aromatic heterocycles. The number of carbonyl (C=O) groups is 1. The lowest BCUT2D eigenvalue weighted by Gasteiger charge is -2.24. The molecule has 204 valence electrons.